The van der Waals surface area contributed by atoms with Crippen LogP contribution in [0.3, 0.4) is 0 Å². The molecule has 2 unspecified atom stereocenters. The van der Waals surface area contributed by atoms with Gasteiger partial charge in [0, 0.05) is 12.2 Å². The van der Waals surface area contributed by atoms with E-state index in [4.69, 9.17) is 17.3 Å². The summed E-state index contributed by atoms with van der Waals surface area (Å²) in [7, 11) is 0. The first-order chi connectivity index (χ1) is 8.06. The van der Waals surface area contributed by atoms with Gasteiger partial charge in [0.25, 0.3) is 0 Å². The number of benzene rings is 1. The van der Waals surface area contributed by atoms with Crippen LogP contribution in [0.15, 0.2) is 12.1 Å². The molecule has 0 bridgehead atoms. The molecule has 94 valence electrons. The Kier molecular flexibility index (Phi) is 3.82. The first-order valence-corrected chi connectivity index (χ1v) is 6.73. The molecule has 17 heavy (non-hydrogen) atoms. The van der Waals surface area contributed by atoms with Gasteiger partial charge in [-0.25, -0.2) is 0 Å². The number of nitrogens with two attached hydrogens (primary N) is 1. The molecule has 1 fully saturated rings. The van der Waals surface area contributed by atoms with E-state index in [2.05, 4.69) is 19.2 Å². The Labute approximate surface area is 109 Å². The molecule has 0 amide bonds. The molecule has 0 spiro atoms. The number of nitrogen functional groups attached to an aromatic ring is 1. The van der Waals surface area contributed by atoms with Crippen molar-refractivity contribution in [3.8, 4) is 0 Å². The molecule has 2 atom stereocenters. The van der Waals surface area contributed by atoms with Crippen LogP contribution in [-0.2, 0) is 0 Å². The summed E-state index contributed by atoms with van der Waals surface area (Å²) in [6.45, 7) is 5.45. The lowest BCUT2D eigenvalue weighted by Gasteiger charge is -2.15. The summed E-state index contributed by atoms with van der Waals surface area (Å²) < 4.78 is 0. The van der Waals surface area contributed by atoms with Crippen molar-refractivity contribution < 1.29 is 0 Å². The maximum absolute atomic E-state index is 6.04. The van der Waals surface area contributed by atoms with Crippen molar-refractivity contribution in [1.82, 2.24) is 0 Å². The molecule has 1 aliphatic rings. The summed E-state index contributed by atoms with van der Waals surface area (Å²) in [6, 6.07) is 3.87. The zero-order valence-corrected chi connectivity index (χ0v) is 11.3. The lowest BCUT2D eigenvalue weighted by atomic mass is 10.1. The number of halogens is 1. The second-order valence-electron chi connectivity index (χ2n) is 5.35. The van der Waals surface area contributed by atoms with E-state index in [9.17, 15) is 0 Å². The molecule has 0 aromatic heterocycles. The molecule has 3 heteroatoms. The summed E-state index contributed by atoms with van der Waals surface area (Å²) in [5.41, 5.74) is 8.70. The number of nitrogens with one attached hydrogen (secondary N) is 1. The largest absolute Gasteiger partial charge is 0.398 e. The Bertz CT molecular complexity index is 403. The smallest absolute Gasteiger partial charge is 0.0656 e. The van der Waals surface area contributed by atoms with Crippen molar-refractivity contribution >= 4 is 23.0 Å². The Morgan fingerprint density at radius 3 is 2.82 bits per heavy atom. The van der Waals surface area contributed by atoms with Crippen molar-refractivity contribution in [3.63, 3.8) is 0 Å². The van der Waals surface area contributed by atoms with Gasteiger partial charge in [0.05, 0.1) is 10.7 Å². The highest BCUT2D eigenvalue weighted by Gasteiger charge is 2.20. The fourth-order valence-corrected chi connectivity index (χ4v) is 2.82. The van der Waals surface area contributed by atoms with E-state index in [1.54, 1.807) is 0 Å². The van der Waals surface area contributed by atoms with Crippen LogP contribution in [0.4, 0.5) is 11.4 Å². The second-order valence-corrected chi connectivity index (χ2v) is 5.76. The van der Waals surface area contributed by atoms with E-state index in [0.717, 1.165) is 29.6 Å². The first kappa shape index (κ1) is 12.6. The molecule has 0 radical (unpaired) electrons. The standard InChI is InChI=1S/C14H21ClN2/c1-9-3-4-11(5-9)8-17-14-7-12(15)13(16)6-10(14)2/h6-7,9,11,17H,3-5,8,16H2,1-2H3. The molecule has 2 nitrogen and oxygen atoms in total. The Morgan fingerprint density at radius 2 is 2.18 bits per heavy atom. The quantitative estimate of drug-likeness (QED) is 0.796. The fraction of sp³-hybridized carbons (Fsp3) is 0.571. The van der Waals surface area contributed by atoms with E-state index in [-0.39, 0.29) is 0 Å². The molecule has 1 aromatic carbocycles. The Morgan fingerprint density at radius 1 is 1.41 bits per heavy atom. The molecule has 0 saturated heterocycles. The van der Waals surface area contributed by atoms with Gasteiger partial charge in [0.15, 0.2) is 0 Å². The third-order valence-corrected chi connectivity index (χ3v) is 4.06. The van der Waals surface area contributed by atoms with Gasteiger partial charge in [-0.3, -0.25) is 0 Å². The number of rotatable bonds is 3. The number of aryl methyl sites for hydroxylation is 1. The maximum Gasteiger partial charge on any atom is 0.0656 e. The zero-order valence-electron chi connectivity index (χ0n) is 10.6. The second kappa shape index (κ2) is 5.18. The molecular weight excluding hydrogens is 232 g/mol. The van der Waals surface area contributed by atoms with Gasteiger partial charge in [-0.05, 0) is 49.3 Å². The van der Waals surface area contributed by atoms with Crippen molar-refractivity contribution in [3.05, 3.63) is 22.7 Å². The summed E-state index contributed by atoms with van der Waals surface area (Å²) in [5.74, 6) is 1.69. The van der Waals surface area contributed by atoms with Gasteiger partial charge in [-0.2, -0.15) is 0 Å². The lowest BCUT2D eigenvalue weighted by molar-refractivity contribution is 0.537. The van der Waals surface area contributed by atoms with Crippen LogP contribution in [0, 0.1) is 18.8 Å². The number of hydrogen-bond acceptors (Lipinski definition) is 2. The SMILES string of the molecule is Cc1cc(N)c(Cl)cc1NCC1CCC(C)C1. The van der Waals surface area contributed by atoms with Crippen LogP contribution in [0.25, 0.3) is 0 Å². The predicted molar refractivity (Wildman–Crippen MR) is 75.6 cm³/mol. The lowest BCUT2D eigenvalue weighted by Crippen LogP contribution is -2.12. The monoisotopic (exact) mass is 252 g/mol. The Balaban J connectivity index is 1.97. The molecule has 3 N–H and O–H groups in total. The summed E-state index contributed by atoms with van der Waals surface area (Å²) in [5, 5.41) is 4.14. The third-order valence-electron chi connectivity index (χ3n) is 3.73. The molecule has 0 aliphatic heterocycles. The van der Waals surface area contributed by atoms with Gasteiger partial charge in [-0.1, -0.05) is 24.9 Å². The Hall–Kier alpha value is -0.890. The molecule has 2 rings (SSSR count). The molecular formula is C14H21ClN2. The predicted octanol–water partition coefficient (Wildman–Crippen LogP) is 4.08. The average Bonchev–Trinajstić information content (AvgIpc) is 2.68. The minimum atomic E-state index is 0.637. The van der Waals surface area contributed by atoms with Gasteiger partial charge in [-0.15, -0.1) is 0 Å². The summed E-state index contributed by atoms with van der Waals surface area (Å²) >= 11 is 6.04. The van der Waals surface area contributed by atoms with Crippen molar-refractivity contribution in [2.75, 3.05) is 17.6 Å². The molecule has 0 heterocycles. The summed E-state index contributed by atoms with van der Waals surface area (Å²) in [6.07, 6.45) is 4.05. The van der Waals surface area contributed by atoms with Crippen LogP contribution in [0.2, 0.25) is 5.02 Å². The first-order valence-electron chi connectivity index (χ1n) is 6.35. The minimum absolute atomic E-state index is 0.637. The number of anilines is 2. The van der Waals surface area contributed by atoms with Gasteiger partial charge in [0.1, 0.15) is 0 Å². The molecule has 1 aromatic rings. The normalized spacial score (nSPS) is 23.9. The number of hydrogen-bond donors (Lipinski definition) is 2. The highest BCUT2D eigenvalue weighted by atomic mass is 35.5. The van der Waals surface area contributed by atoms with Crippen molar-refractivity contribution in [1.29, 1.82) is 0 Å². The van der Waals surface area contributed by atoms with Gasteiger partial charge in [0.2, 0.25) is 0 Å². The maximum atomic E-state index is 6.04. The molecule has 1 aliphatic carbocycles. The van der Waals surface area contributed by atoms with E-state index in [1.165, 1.54) is 19.3 Å². The summed E-state index contributed by atoms with van der Waals surface area (Å²) in [4.78, 5) is 0. The van der Waals surface area contributed by atoms with E-state index in [0.29, 0.717) is 10.7 Å². The van der Waals surface area contributed by atoms with E-state index < -0.39 is 0 Å². The van der Waals surface area contributed by atoms with Crippen LogP contribution in [0.5, 0.6) is 0 Å². The van der Waals surface area contributed by atoms with Gasteiger partial charge < -0.3 is 11.1 Å². The zero-order chi connectivity index (χ0) is 12.4. The van der Waals surface area contributed by atoms with Crippen LogP contribution in [-0.4, -0.2) is 6.54 Å². The minimum Gasteiger partial charge on any atom is -0.398 e. The fourth-order valence-electron chi connectivity index (χ4n) is 2.66. The highest BCUT2D eigenvalue weighted by Crippen LogP contribution is 2.31. The average molecular weight is 253 g/mol. The van der Waals surface area contributed by atoms with Crippen LogP contribution >= 0.6 is 11.6 Å². The van der Waals surface area contributed by atoms with E-state index in [1.807, 2.05) is 12.1 Å². The van der Waals surface area contributed by atoms with E-state index >= 15 is 0 Å². The third kappa shape index (κ3) is 3.06. The van der Waals surface area contributed by atoms with Gasteiger partial charge >= 0.3 is 0 Å². The van der Waals surface area contributed by atoms with Crippen molar-refractivity contribution in [2.24, 2.45) is 11.8 Å². The van der Waals surface area contributed by atoms with Crippen LogP contribution < -0.4 is 11.1 Å². The highest BCUT2D eigenvalue weighted by molar-refractivity contribution is 6.33. The topological polar surface area (TPSA) is 38.0 Å². The van der Waals surface area contributed by atoms with Crippen LogP contribution in [0.1, 0.15) is 31.7 Å². The molecule has 1 saturated carbocycles. The van der Waals surface area contributed by atoms with Crippen molar-refractivity contribution in [2.45, 2.75) is 33.1 Å².